The van der Waals surface area contributed by atoms with Crippen LogP contribution in [0.4, 0.5) is 0 Å². The van der Waals surface area contributed by atoms with Gasteiger partial charge in [-0.1, -0.05) is 34.8 Å². The monoisotopic (exact) mass is 366 g/mol. The highest BCUT2D eigenvalue weighted by atomic mass is 35.5. The van der Waals surface area contributed by atoms with E-state index in [0.717, 1.165) is 19.3 Å². The van der Waals surface area contributed by atoms with E-state index in [9.17, 15) is 14.4 Å². The van der Waals surface area contributed by atoms with Gasteiger partial charge in [-0.25, -0.2) is 14.4 Å². The Morgan fingerprint density at radius 1 is 1.05 bits per heavy atom. The van der Waals surface area contributed by atoms with Crippen molar-refractivity contribution in [1.82, 2.24) is 0 Å². The Bertz CT molecular complexity index is 603. The Kier molecular flexibility index (Phi) is 7.17. The molecular weight excluding hydrogens is 358 g/mol. The summed E-state index contributed by atoms with van der Waals surface area (Å²) in [5.74, 6) is -2.67. The van der Waals surface area contributed by atoms with Gasteiger partial charge >= 0.3 is 17.9 Å². The second-order valence-corrected chi connectivity index (χ2v) is 4.89. The minimum atomic E-state index is -0.921. The van der Waals surface area contributed by atoms with E-state index < -0.39 is 24.5 Å². The standard InChI is InChI=1S/C13H9Cl3O6/c1-20-10(17)2-3-11(18)21-6-12(19)22-13-8(15)4-7(14)5-9(13)16/h2-5H,6H2,1H3/b3-2-. The van der Waals surface area contributed by atoms with Gasteiger partial charge in [0.25, 0.3) is 0 Å². The van der Waals surface area contributed by atoms with Gasteiger partial charge in [-0.05, 0) is 12.1 Å². The Labute approximate surface area is 140 Å². The van der Waals surface area contributed by atoms with Gasteiger partial charge in [-0.15, -0.1) is 0 Å². The maximum atomic E-state index is 11.5. The third-order valence-electron chi connectivity index (χ3n) is 2.07. The third-order valence-corrected chi connectivity index (χ3v) is 2.85. The van der Waals surface area contributed by atoms with Gasteiger partial charge in [0, 0.05) is 17.2 Å². The van der Waals surface area contributed by atoms with Crippen molar-refractivity contribution in [2.75, 3.05) is 13.7 Å². The minimum absolute atomic E-state index is 0.0303. The van der Waals surface area contributed by atoms with Crippen LogP contribution in [0.2, 0.25) is 15.1 Å². The molecule has 0 aliphatic heterocycles. The van der Waals surface area contributed by atoms with Gasteiger partial charge in [0.1, 0.15) is 0 Å². The predicted molar refractivity (Wildman–Crippen MR) is 79.2 cm³/mol. The summed E-state index contributed by atoms with van der Waals surface area (Å²) < 4.78 is 13.7. The van der Waals surface area contributed by atoms with Crippen molar-refractivity contribution in [1.29, 1.82) is 0 Å². The second kappa shape index (κ2) is 8.63. The number of ether oxygens (including phenoxy) is 3. The van der Waals surface area contributed by atoms with E-state index >= 15 is 0 Å². The molecule has 6 nitrogen and oxygen atoms in total. The molecule has 0 bridgehead atoms. The molecule has 9 heteroatoms. The molecule has 0 unspecified atom stereocenters. The number of hydrogen-bond donors (Lipinski definition) is 0. The van der Waals surface area contributed by atoms with Crippen LogP contribution < -0.4 is 4.74 Å². The molecule has 22 heavy (non-hydrogen) atoms. The summed E-state index contributed by atoms with van der Waals surface area (Å²) in [4.78, 5) is 33.5. The maximum absolute atomic E-state index is 11.5. The molecule has 0 spiro atoms. The molecule has 0 saturated carbocycles. The van der Waals surface area contributed by atoms with Gasteiger partial charge < -0.3 is 14.2 Å². The summed E-state index contributed by atoms with van der Waals surface area (Å²) in [5.41, 5.74) is 0. The predicted octanol–water partition coefficient (Wildman–Crippen LogP) is 2.82. The van der Waals surface area contributed by atoms with Crippen LogP contribution in [0, 0.1) is 0 Å². The number of carbonyl (C=O) groups excluding carboxylic acids is 3. The van der Waals surface area contributed by atoms with Gasteiger partial charge in [0.2, 0.25) is 0 Å². The van der Waals surface area contributed by atoms with Crippen LogP contribution in [0.15, 0.2) is 24.3 Å². The molecule has 0 amide bonds. The fraction of sp³-hybridized carbons (Fsp3) is 0.154. The highest BCUT2D eigenvalue weighted by Gasteiger charge is 2.15. The summed E-state index contributed by atoms with van der Waals surface area (Å²) >= 11 is 17.4. The van der Waals surface area contributed by atoms with E-state index in [1.165, 1.54) is 12.1 Å². The highest BCUT2D eigenvalue weighted by Crippen LogP contribution is 2.35. The lowest BCUT2D eigenvalue weighted by molar-refractivity contribution is -0.150. The van der Waals surface area contributed by atoms with Gasteiger partial charge in [-0.3, -0.25) is 0 Å². The molecule has 0 fully saturated rings. The zero-order valence-electron chi connectivity index (χ0n) is 11.1. The van der Waals surface area contributed by atoms with E-state index in [1.807, 2.05) is 0 Å². The minimum Gasteiger partial charge on any atom is -0.466 e. The first-order valence-corrected chi connectivity index (χ1v) is 6.75. The third kappa shape index (κ3) is 5.93. The number of benzene rings is 1. The van der Waals surface area contributed by atoms with E-state index in [1.54, 1.807) is 0 Å². The lowest BCUT2D eigenvalue weighted by Crippen LogP contribution is -2.18. The molecule has 1 rings (SSSR count). The van der Waals surface area contributed by atoms with Crippen LogP contribution in [-0.4, -0.2) is 31.6 Å². The molecule has 0 N–H and O–H groups in total. The zero-order valence-corrected chi connectivity index (χ0v) is 13.4. The van der Waals surface area contributed by atoms with Gasteiger partial charge in [0.15, 0.2) is 12.4 Å². The first-order chi connectivity index (χ1) is 10.3. The van der Waals surface area contributed by atoms with E-state index in [2.05, 4.69) is 9.47 Å². The van der Waals surface area contributed by atoms with Crippen molar-refractivity contribution in [3.05, 3.63) is 39.4 Å². The highest BCUT2D eigenvalue weighted by molar-refractivity contribution is 6.40. The zero-order chi connectivity index (χ0) is 16.7. The maximum Gasteiger partial charge on any atom is 0.349 e. The molecule has 0 aromatic heterocycles. The van der Waals surface area contributed by atoms with Crippen LogP contribution in [0.1, 0.15) is 0 Å². The summed E-state index contributed by atoms with van der Waals surface area (Å²) in [6.45, 7) is -0.695. The smallest absolute Gasteiger partial charge is 0.349 e. The topological polar surface area (TPSA) is 78.9 Å². The molecule has 1 aromatic rings. The fourth-order valence-corrected chi connectivity index (χ4v) is 2.05. The number of carbonyl (C=O) groups is 3. The molecule has 0 radical (unpaired) electrons. The number of halogens is 3. The first-order valence-electron chi connectivity index (χ1n) is 5.61. The first kappa shape index (κ1) is 18.3. The van der Waals surface area contributed by atoms with Crippen molar-refractivity contribution >= 4 is 52.7 Å². The summed E-state index contributed by atoms with van der Waals surface area (Å²) in [7, 11) is 1.15. The largest absolute Gasteiger partial charge is 0.466 e. The quantitative estimate of drug-likeness (QED) is 0.452. The van der Waals surface area contributed by atoms with Crippen molar-refractivity contribution in [3.63, 3.8) is 0 Å². The van der Waals surface area contributed by atoms with E-state index in [0.29, 0.717) is 0 Å². The average molecular weight is 368 g/mol. The van der Waals surface area contributed by atoms with Crippen molar-refractivity contribution in [3.8, 4) is 5.75 Å². The Hall–Kier alpha value is -1.76. The van der Waals surface area contributed by atoms with Crippen LogP contribution in [0.25, 0.3) is 0 Å². The average Bonchev–Trinajstić information content (AvgIpc) is 2.46. The Balaban J connectivity index is 2.56. The summed E-state index contributed by atoms with van der Waals surface area (Å²) in [6, 6.07) is 2.67. The SMILES string of the molecule is COC(=O)/C=C\C(=O)OCC(=O)Oc1c(Cl)cc(Cl)cc1Cl. The van der Waals surface area contributed by atoms with Gasteiger partial charge in [-0.2, -0.15) is 0 Å². The molecule has 0 aliphatic carbocycles. The molecule has 0 atom stereocenters. The van der Waals surface area contributed by atoms with Crippen LogP contribution in [0.5, 0.6) is 5.75 Å². The van der Waals surface area contributed by atoms with Crippen LogP contribution in [0.3, 0.4) is 0 Å². The molecule has 1 aromatic carbocycles. The second-order valence-electron chi connectivity index (χ2n) is 3.64. The number of hydrogen-bond acceptors (Lipinski definition) is 6. The van der Waals surface area contributed by atoms with Gasteiger partial charge in [0.05, 0.1) is 17.2 Å². The molecule has 0 aliphatic rings. The normalized spacial score (nSPS) is 10.4. The molecule has 0 heterocycles. The molecule has 0 saturated heterocycles. The summed E-state index contributed by atoms with van der Waals surface area (Å²) in [5, 5.41) is 0.333. The molecule has 118 valence electrons. The Morgan fingerprint density at radius 3 is 2.14 bits per heavy atom. The van der Waals surface area contributed by atoms with E-state index in [4.69, 9.17) is 39.5 Å². The fourth-order valence-electron chi connectivity index (χ4n) is 1.15. The van der Waals surface area contributed by atoms with Crippen molar-refractivity contribution in [2.45, 2.75) is 0 Å². The van der Waals surface area contributed by atoms with Crippen molar-refractivity contribution < 1.29 is 28.6 Å². The summed E-state index contributed by atoms with van der Waals surface area (Å²) in [6.07, 6.45) is 1.65. The van der Waals surface area contributed by atoms with Crippen molar-refractivity contribution in [2.24, 2.45) is 0 Å². The Morgan fingerprint density at radius 2 is 1.59 bits per heavy atom. The van der Waals surface area contributed by atoms with Crippen LogP contribution >= 0.6 is 34.8 Å². The van der Waals surface area contributed by atoms with E-state index in [-0.39, 0.29) is 20.8 Å². The lowest BCUT2D eigenvalue weighted by atomic mass is 10.3. The molecular formula is C13H9Cl3O6. The number of rotatable bonds is 5. The number of esters is 3. The lowest BCUT2D eigenvalue weighted by Gasteiger charge is -2.08. The number of methoxy groups -OCH3 is 1. The van der Waals surface area contributed by atoms with Crippen LogP contribution in [-0.2, 0) is 23.9 Å².